The number of nitrogens with one attached hydrogen (secondary N) is 1. The molecule has 0 rings (SSSR count). The lowest BCUT2D eigenvalue weighted by Crippen LogP contribution is -2.45. The van der Waals surface area contributed by atoms with Crippen molar-refractivity contribution in [2.24, 2.45) is 0 Å². The van der Waals surface area contributed by atoms with Crippen LogP contribution in [0, 0.1) is 0 Å². The van der Waals surface area contributed by atoms with E-state index in [9.17, 15) is 15.0 Å². The van der Waals surface area contributed by atoms with Gasteiger partial charge in [0.1, 0.15) is 0 Å². The normalized spacial score (nSPS) is 13.0. The highest BCUT2D eigenvalue weighted by molar-refractivity contribution is 5.76. The van der Waals surface area contributed by atoms with Crippen LogP contribution in [0.25, 0.3) is 0 Å². The lowest BCUT2D eigenvalue weighted by molar-refractivity contribution is -0.123. The fourth-order valence-corrected chi connectivity index (χ4v) is 8.18. The molecular weight excluding hydrogens is 699 g/mol. The molecule has 0 saturated carbocycles. The van der Waals surface area contributed by atoms with Crippen molar-refractivity contribution in [1.82, 2.24) is 5.32 Å². The second-order valence-electron chi connectivity index (χ2n) is 17.9. The monoisotopic (exact) mass is 802 g/mol. The standard InChI is InChI=1S/C53H103NO3/c1-3-5-7-9-11-13-15-17-19-21-23-25-26-27-28-29-31-33-35-37-39-41-43-45-47-49-53(57)54-51(50-55)52(56)48-46-44-42-40-38-36-34-32-30-24-22-20-18-16-14-12-10-8-6-4-2/h27-28,46,48,51-52,55-56H,3-26,29-45,47,49-50H2,1-2H3,(H,54,57)/b28-27-,48-46+. The number of carbonyl (C=O) groups excluding carboxylic acids is 1. The molecule has 338 valence electrons. The van der Waals surface area contributed by atoms with Crippen LogP contribution in [0.1, 0.15) is 290 Å². The summed E-state index contributed by atoms with van der Waals surface area (Å²) in [6, 6.07) is -0.622. The van der Waals surface area contributed by atoms with Crippen LogP contribution in [0.5, 0.6) is 0 Å². The summed E-state index contributed by atoms with van der Waals surface area (Å²) in [5.74, 6) is -0.0619. The number of hydrogen-bond acceptors (Lipinski definition) is 3. The van der Waals surface area contributed by atoms with Crippen LogP contribution in [0.4, 0.5) is 0 Å². The average Bonchev–Trinajstić information content (AvgIpc) is 3.22. The Labute approximate surface area is 358 Å². The molecule has 0 aliphatic heterocycles. The van der Waals surface area contributed by atoms with Gasteiger partial charge in [0.25, 0.3) is 0 Å². The molecule has 0 saturated heterocycles. The zero-order valence-electron chi connectivity index (χ0n) is 38.9. The summed E-state index contributed by atoms with van der Waals surface area (Å²) in [5.41, 5.74) is 0. The van der Waals surface area contributed by atoms with Crippen LogP contribution < -0.4 is 5.32 Å². The number of hydrogen-bond donors (Lipinski definition) is 3. The molecule has 3 N–H and O–H groups in total. The largest absolute Gasteiger partial charge is 0.394 e. The summed E-state index contributed by atoms with van der Waals surface area (Å²) < 4.78 is 0. The maximum absolute atomic E-state index is 12.4. The SMILES string of the molecule is CCCCCCCCCCCCCC/C=C\CCCCCCCCCCCC(=O)NC(CO)C(O)/C=C/CCCCCCCCCCCCCCCCCCCC. The Kier molecular flexibility index (Phi) is 48.3. The Morgan fingerprint density at radius 3 is 0.965 bits per heavy atom. The lowest BCUT2D eigenvalue weighted by atomic mass is 10.0. The van der Waals surface area contributed by atoms with E-state index in [1.54, 1.807) is 6.08 Å². The molecule has 0 bridgehead atoms. The molecule has 0 spiro atoms. The molecule has 0 heterocycles. The van der Waals surface area contributed by atoms with Gasteiger partial charge in [0.05, 0.1) is 18.8 Å². The van der Waals surface area contributed by atoms with Crippen molar-refractivity contribution in [3.8, 4) is 0 Å². The number of aliphatic hydroxyl groups excluding tert-OH is 2. The fraction of sp³-hybridized carbons (Fsp3) is 0.906. The van der Waals surface area contributed by atoms with Crippen LogP contribution in [-0.2, 0) is 4.79 Å². The quantitative estimate of drug-likeness (QED) is 0.0424. The second kappa shape index (κ2) is 49.2. The molecule has 0 fully saturated rings. The van der Waals surface area contributed by atoms with E-state index in [2.05, 4.69) is 31.3 Å². The third kappa shape index (κ3) is 45.8. The van der Waals surface area contributed by atoms with Crippen molar-refractivity contribution in [3.05, 3.63) is 24.3 Å². The van der Waals surface area contributed by atoms with Gasteiger partial charge in [-0.3, -0.25) is 4.79 Å². The van der Waals surface area contributed by atoms with Gasteiger partial charge in [-0.05, 0) is 44.9 Å². The summed E-state index contributed by atoms with van der Waals surface area (Å²) >= 11 is 0. The van der Waals surface area contributed by atoms with Crippen molar-refractivity contribution in [3.63, 3.8) is 0 Å². The fourth-order valence-electron chi connectivity index (χ4n) is 8.18. The Bertz CT molecular complexity index is 825. The third-order valence-electron chi connectivity index (χ3n) is 12.2. The van der Waals surface area contributed by atoms with Gasteiger partial charge in [-0.2, -0.15) is 0 Å². The zero-order valence-corrected chi connectivity index (χ0v) is 38.9. The van der Waals surface area contributed by atoms with Crippen molar-refractivity contribution in [2.75, 3.05) is 6.61 Å². The molecule has 0 aromatic heterocycles. The number of carbonyl (C=O) groups is 1. The van der Waals surface area contributed by atoms with Crippen LogP contribution in [0.3, 0.4) is 0 Å². The predicted octanol–water partition coefficient (Wildman–Crippen LogP) is 16.8. The van der Waals surface area contributed by atoms with Crippen LogP contribution in [0.15, 0.2) is 24.3 Å². The lowest BCUT2D eigenvalue weighted by Gasteiger charge is -2.20. The van der Waals surface area contributed by atoms with E-state index >= 15 is 0 Å². The van der Waals surface area contributed by atoms with Crippen LogP contribution in [-0.4, -0.2) is 34.9 Å². The number of allylic oxidation sites excluding steroid dienone is 3. The molecule has 4 nitrogen and oxygen atoms in total. The van der Waals surface area contributed by atoms with Crippen molar-refractivity contribution < 1.29 is 15.0 Å². The van der Waals surface area contributed by atoms with Gasteiger partial charge >= 0.3 is 0 Å². The van der Waals surface area contributed by atoms with Crippen molar-refractivity contribution in [1.29, 1.82) is 0 Å². The van der Waals surface area contributed by atoms with Gasteiger partial charge in [0, 0.05) is 6.42 Å². The zero-order chi connectivity index (χ0) is 41.4. The van der Waals surface area contributed by atoms with Gasteiger partial charge < -0.3 is 15.5 Å². The molecule has 1 amide bonds. The second-order valence-corrected chi connectivity index (χ2v) is 17.9. The van der Waals surface area contributed by atoms with E-state index in [4.69, 9.17) is 0 Å². The first kappa shape index (κ1) is 55.9. The van der Waals surface area contributed by atoms with E-state index in [-0.39, 0.29) is 12.5 Å². The summed E-state index contributed by atoms with van der Waals surface area (Å²) in [7, 11) is 0. The molecule has 0 aromatic rings. The maximum Gasteiger partial charge on any atom is 0.220 e. The molecule has 0 aliphatic rings. The van der Waals surface area contributed by atoms with E-state index in [0.717, 1.165) is 25.7 Å². The average molecular weight is 802 g/mol. The number of rotatable bonds is 48. The summed E-state index contributed by atoms with van der Waals surface area (Å²) in [4.78, 5) is 12.4. The summed E-state index contributed by atoms with van der Waals surface area (Å²) in [6.07, 6.45) is 64.6. The minimum absolute atomic E-state index is 0.0619. The third-order valence-corrected chi connectivity index (χ3v) is 12.2. The highest BCUT2D eigenvalue weighted by Crippen LogP contribution is 2.17. The van der Waals surface area contributed by atoms with Crippen LogP contribution >= 0.6 is 0 Å². The Morgan fingerprint density at radius 1 is 0.404 bits per heavy atom. The first-order valence-corrected chi connectivity index (χ1v) is 26.1. The number of aliphatic hydroxyl groups is 2. The summed E-state index contributed by atoms with van der Waals surface area (Å²) in [5, 5.41) is 23.1. The number of amides is 1. The van der Waals surface area contributed by atoms with E-state index in [1.165, 1.54) is 244 Å². The molecule has 2 atom stereocenters. The minimum Gasteiger partial charge on any atom is -0.394 e. The van der Waals surface area contributed by atoms with Crippen molar-refractivity contribution >= 4 is 5.91 Å². The molecular formula is C53H103NO3. The Morgan fingerprint density at radius 2 is 0.667 bits per heavy atom. The molecule has 0 aromatic carbocycles. The van der Waals surface area contributed by atoms with Crippen molar-refractivity contribution in [2.45, 2.75) is 302 Å². The topological polar surface area (TPSA) is 69.6 Å². The van der Waals surface area contributed by atoms with E-state index in [0.29, 0.717) is 6.42 Å². The van der Waals surface area contributed by atoms with Crippen LogP contribution in [0.2, 0.25) is 0 Å². The maximum atomic E-state index is 12.4. The van der Waals surface area contributed by atoms with Gasteiger partial charge in [-0.1, -0.05) is 263 Å². The predicted molar refractivity (Wildman–Crippen MR) is 253 cm³/mol. The van der Waals surface area contributed by atoms with Gasteiger partial charge in [-0.15, -0.1) is 0 Å². The highest BCUT2D eigenvalue weighted by atomic mass is 16.3. The molecule has 0 radical (unpaired) electrons. The molecule has 4 heteroatoms. The number of unbranched alkanes of at least 4 members (excludes halogenated alkanes) is 39. The molecule has 57 heavy (non-hydrogen) atoms. The minimum atomic E-state index is -0.838. The first-order chi connectivity index (χ1) is 28.2. The van der Waals surface area contributed by atoms with E-state index < -0.39 is 12.1 Å². The molecule has 2 unspecified atom stereocenters. The smallest absolute Gasteiger partial charge is 0.220 e. The Hall–Kier alpha value is -1.13. The Balaban J connectivity index is 3.50. The summed E-state index contributed by atoms with van der Waals surface area (Å²) in [6.45, 7) is 4.34. The molecule has 0 aliphatic carbocycles. The first-order valence-electron chi connectivity index (χ1n) is 26.1. The van der Waals surface area contributed by atoms with Gasteiger partial charge in [0.15, 0.2) is 0 Å². The highest BCUT2D eigenvalue weighted by Gasteiger charge is 2.18. The van der Waals surface area contributed by atoms with E-state index in [1.807, 2.05) is 6.08 Å². The van der Waals surface area contributed by atoms with Gasteiger partial charge in [0.2, 0.25) is 5.91 Å². The van der Waals surface area contributed by atoms with Gasteiger partial charge in [-0.25, -0.2) is 0 Å².